The molecule has 14 aromatic rings. The molecule has 0 unspecified atom stereocenters. The average molecular weight is 833 g/mol. The van der Waals surface area contributed by atoms with Gasteiger partial charge in [0.05, 0.1) is 0 Å². The molecule has 0 aliphatic rings. The summed E-state index contributed by atoms with van der Waals surface area (Å²) in [5.41, 5.74) is 9.92. The van der Waals surface area contributed by atoms with Crippen molar-refractivity contribution in [2.75, 3.05) is 0 Å². The third-order valence-electron chi connectivity index (χ3n) is 14.4. The molecule has 0 saturated heterocycles. The van der Waals surface area contributed by atoms with Crippen LogP contribution in [0, 0.1) is 0 Å². The fourth-order valence-electron chi connectivity index (χ4n) is 11.3. The predicted octanol–water partition coefficient (Wildman–Crippen LogP) is 18.7. The van der Waals surface area contributed by atoms with E-state index >= 15 is 0 Å². The SMILES string of the molecule is c1ccc2cc(-c3ccc(-c4ccc5c(c4)c4ccccc4c4c6ccc(-c7ccc(-c8ccc9ccccc9c8)c8ccccc78)cc6c6ccccc6c54)c4ccccc34)ccc2c1. The minimum Gasteiger partial charge on any atom is -0.0616 e. The van der Waals surface area contributed by atoms with Gasteiger partial charge in [0.25, 0.3) is 0 Å². The van der Waals surface area contributed by atoms with Gasteiger partial charge in [0, 0.05) is 0 Å². The van der Waals surface area contributed by atoms with Crippen molar-refractivity contribution >= 4 is 97.0 Å². The molecule has 0 aliphatic carbocycles. The molecule has 0 heteroatoms. The minimum absolute atomic E-state index is 1.22. The zero-order valence-electron chi connectivity index (χ0n) is 36.1. The molecular weight excluding hydrogens is 793 g/mol. The molecule has 0 bridgehead atoms. The monoisotopic (exact) mass is 832 g/mol. The van der Waals surface area contributed by atoms with E-state index in [1.54, 1.807) is 0 Å². The number of benzene rings is 14. The lowest BCUT2D eigenvalue weighted by Gasteiger charge is -2.19. The largest absolute Gasteiger partial charge is 0.0616 e. The molecule has 14 aromatic carbocycles. The van der Waals surface area contributed by atoms with Crippen molar-refractivity contribution in [1.29, 1.82) is 0 Å². The predicted molar refractivity (Wildman–Crippen MR) is 286 cm³/mol. The van der Waals surface area contributed by atoms with Gasteiger partial charge in [-0.1, -0.05) is 218 Å². The van der Waals surface area contributed by atoms with Gasteiger partial charge in [0.1, 0.15) is 0 Å². The topological polar surface area (TPSA) is 0 Å². The molecule has 0 heterocycles. The summed E-state index contributed by atoms with van der Waals surface area (Å²) in [5.74, 6) is 0. The number of hydrogen-bond acceptors (Lipinski definition) is 0. The van der Waals surface area contributed by atoms with Crippen LogP contribution in [0.2, 0.25) is 0 Å². The maximum Gasteiger partial charge on any atom is -0.00139 e. The minimum atomic E-state index is 1.22. The summed E-state index contributed by atoms with van der Waals surface area (Å²) in [6, 6.07) is 90.5. The number of hydrogen-bond donors (Lipinski definition) is 0. The molecule has 0 spiro atoms. The summed E-state index contributed by atoms with van der Waals surface area (Å²) in [6.45, 7) is 0. The average Bonchev–Trinajstić information content (AvgIpc) is 3.39. The van der Waals surface area contributed by atoms with E-state index in [0.717, 1.165) is 0 Å². The summed E-state index contributed by atoms with van der Waals surface area (Å²) >= 11 is 0. The van der Waals surface area contributed by atoms with Gasteiger partial charge in [0.15, 0.2) is 0 Å². The second kappa shape index (κ2) is 14.5. The van der Waals surface area contributed by atoms with Crippen LogP contribution in [0.5, 0.6) is 0 Å². The van der Waals surface area contributed by atoms with Crippen LogP contribution < -0.4 is 0 Å². The van der Waals surface area contributed by atoms with E-state index in [4.69, 9.17) is 0 Å². The highest BCUT2D eigenvalue weighted by Crippen LogP contribution is 2.47. The third kappa shape index (κ3) is 5.59. The van der Waals surface area contributed by atoms with Crippen molar-refractivity contribution in [1.82, 2.24) is 0 Å². The Morgan fingerprint density at radius 3 is 0.803 bits per heavy atom. The second-order valence-corrected chi connectivity index (χ2v) is 17.9. The van der Waals surface area contributed by atoms with E-state index in [1.807, 2.05) is 0 Å². The second-order valence-electron chi connectivity index (χ2n) is 17.9. The lowest BCUT2D eigenvalue weighted by Crippen LogP contribution is -1.91. The van der Waals surface area contributed by atoms with Crippen LogP contribution in [0.15, 0.2) is 243 Å². The van der Waals surface area contributed by atoms with Crippen molar-refractivity contribution < 1.29 is 0 Å². The third-order valence-corrected chi connectivity index (χ3v) is 14.4. The van der Waals surface area contributed by atoms with E-state index in [1.165, 1.54) is 141 Å². The van der Waals surface area contributed by atoms with Gasteiger partial charge in [0.2, 0.25) is 0 Å². The summed E-state index contributed by atoms with van der Waals surface area (Å²) in [6.07, 6.45) is 0. The van der Waals surface area contributed by atoms with E-state index < -0.39 is 0 Å². The van der Waals surface area contributed by atoms with Gasteiger partial charge >= 0.3 is 0 Å². The molecular formula is C66H40. The fourth-order valence-corrected chi connectivity index (χ4v) is 11.3. The lowest BCUT2D eigenvalue weighted by molar-refractivity contribution is 1.65. The first-order chi connectivity index (χ1) is 32.7. The highest BCUT2D eigenvalue weighted by atomic mass is 14.2. The first-order valence-electron chi connectivity index (χ1n) is 23.0. The van der Waals surface area contributed by atoms with E-state index in [-0.39, 0.29) is 0 Å². The first kappa shape index (κ1) is 36.9. The van der Waals surface area contributed by atoms with Gasteiger partial charge < -0.3 is 0 Å². The van der Waals surface area contributed by atoms with Crippen LogP contribution in [-0.2, 0) is 0 Å². The molecule has 0 aromatic heterocycles. The maximum atomic E-state index is 2.45. The van der Waals surface area contributed by atoms with Crippen molar-refractivity contribution in [2.45, 2.75) is 0 Å². The van der Waals surface area contributed by atoms with Gasteiger partial charge in [-0.3, -0.25) is 0 Å². The Balaban J connectivity index is 0.961. The molecule has 14 rings (SSSR count). The standard InChI is InChI=1S/C66H40/c1-3-15-43-37-45(27-25-41(43)13-1)49-33-35-51(55-19-7-5-17-53(49)55)47-29-31-61-63(39-47)57-21-9-11-23-59(57)66-62-32-30-48(40-64(62)58-22-10-12-24-60(58)65(61)66)52-36-34-50(54-18-6-8-20-56(52)54)46-28-26-42-14-2-4-16-44(42)38-46/h1-40H. The van der Waals surface area contributed by atoms with Crippen LogP contribution in [-0.4, -0.2) is 0 Å². The Morgan fingerprint density at radius 1 is 0.152 bits per heavy atom. The smallest absolute Gasteiger partial charge is 0.00139 e. The molecule has 0 saturated carbocycles. The summed E-state index contributed by atoms with van der Waals surface area (Å²) < 4.78 is 0. The van der Waals surface area contributed by atoms with Crippen molar-refractivity contribution in [3.63, 3.8) is 0 Å². The Kier molecular flexibility index (Phi) is 8.08. The van der Waals surface area contributed by atoms with E-state index in [0.29, 0.717) is 0 Å². The van der Waals surface area contributed by atoms with Crippen LogP contribution in [0.3, 0.4) is 0 Å². The van der Waals surface area contributed by atoms with Gasteiger partial charge in [-0.15, -0.1) is 0 Å². The summed E-state index contributed by atoms with van der Waals surface area (Å²) in [7, 11) is 0. The van der Waals surface area contributed by atoms with Crippen molar-refractivity contribution in [3.05, 3.63) is 243 Å². The molecule has 0 atom stereocenters. The molecule has 304 valence electrons. The molecule has 0 fully saturated rings. The highest BCUT2D eigenvalue weighted by Gasteiger charge is 2.19. The molecule has 66 heavy (non-hydrogen) atoms. The van der Waals surface area contributed by atoms with Crippen LogP contribution in [0.4, 0.5) is 0 Å². The van der Waals surface area contributed by atoms with Gasteiger partial charge in [-0.25, -0.2) is 0 Å². The molecule has 0 amide bonds. The van der Waals surface area contributed by atoms with Crippen molar-refractivity contribution in [2.24, 2.45) is 0 Å². The maximum absolute atomic E-state index is 2.45. The van der Waals surface area contributed by atoms with Crippen LogP contribution >= 0.6 is 0 Å². The highest BCUT2D eigenvalue weighted by molar-refractivity contribution is 6.40. The van der Waals surface area contributed by atoms with Gasteiger partial charge in [-0.05, 0) is 166 Å². The Bertz CT molecular complexity index is 4060. The molecule has 0 radical (unpaired) electrons. The summed E-state index contributed by atoms with van der Waals surface area (Å²) in [4.78, 5) is 0. The normalized spacial score (nSPS) is 11.9. The van der Waals surface area contributed by atoms with E-state index in [2.05, 4.69) is 243 Å². The Labute approximate surface area is 382 Å². The van der Waals surface area contributed by atoms with E-state index in [9.17, 15) is 0 Å². The Morgan fingerprint density at radius 2 is 0.424 bits per heavy atom. The molecule has 0 N–H and O–H groups in total. The lowest BCUT2D eigenvalue weighted by atomic mass is 9.84. The number of rotatable bonds is 4. The Hall–Kier alpha value is -8.58. The summed E-state index contributed by atoms with van der Waals surface area (Å²) in [5, 5.41) is 22.9. The zero-order chi connectivity index (χ0) is 43.3. The first-order valence-corrected chi connectivity index (χ1v) is 23.0. The molecule has 0 aliphatic heterocycles. The molecule has 0 nitrogen and oxygen atoms in total. The fraction of sp³-hybridized carbons (Fsp3) is 0. The van der Waals surface area contributed by atoms with Crippen LogP contribution in [0.1, 0.15) is 0 Å². The van der Waals surface area contributed by atoms with Crippen LogP contribution in [0.25, 0.3) is 141 Å². The van der Waals surface area contributed by atoms with Gasteiger partial charge in [-0.2, -0.15) is 0 Å². The number of fused-ring (bicyclic) bond motifs is 15. The zero-order valence-corrected chi connectivity index (χ0v) is 36.1. The van der Waals surface area contributed by atoms with Crippen molar-refractivity contribution in [3.8, 4) is 44.5 Å². The quantitative estimate of drug-likeness (QED) is 0.155.